The van der Waals surface area contributed by atoms with E-state index < -0.39 is 6.72 Å². The van der Waals surface area contributed by atoms with Crippen LogP contribution in [0.1, 0.15) is 67.8 Å². The van der Waals surface area contributed by atoms with Gasteiger partial charge in [0.2, 0.25) is 0 Å². The molecule has 0 aliphatic heterocycles. The Hall–Kier alpha value is -1.11. The second kappa shape index (κ2) is 12.4. The predicted octanol–water partition coefficient (Wildman–Crippen LogP) is 3.56. The summed E-state index contributed by atoms with van der Waals surface area (Å²) in [5, 5.41) is 0. The van der Waals surface area contributed by atoms with Gasteiger partial charge in [0.1, 0.15) is 12.5 Å². The molecule has 2 N–H and O–H groups in total. The highest BCUT2D eigenvalue weighted by Gasteiger charge is 2.07. The van der Waals surface area contributed by atoms with Gasteiger partial charge in [0, 0.05) is 31.2 Å². The number of nitrogens with two attached hydrogens (primary N) is 1. The molecule has 0 aliphatic carbocycles. The molecule has 1 unspecified atom stereocenters. The molecule has 1 rings (SSSR count). The van der Waals surface area contributed by atoms with Crippen molar-refractivity contribution in [2.75, 3.05) is 19.5 Å². The van der Waals surface area contributed by atoms with E-state index in [-0.39, 0.29) is 11.6 Å². The molecule has 1 aromatic carbocycles. The second-order valence-corrected chi connectivity index (χ2v) is 9.36. The summed E-state index contributed by atoms with van der Waals surface area (Å²) < 4.78 is 9.57. The number of rotatable bonds is 14. The first-order chi connectivity index (χ1) is 12.7. The number of ketones is 2. The Bertz CT molecular complexity index is 680. The van der Waals surface area contributed by atoms with E-state index in [1.54, 1.807) is 12.1 Å². The normalized spacial score (nSPS) is 13.3. The van der Waals surface area contributed by atoms with Crippen LogP contribution in [-0.4, -0.2) is 25.3 Å². The molecule has 0 saturated carbocycles. The lowest BCUT2D eigenvalue weighted by Gasteiger charge is -2.24. The lowest BCUT2D eigenvalue weighted by atomic mass is 10.0. The molecule has 152 valence electrons. The zero-order valence-corrected chi connectivity index (χ0v) is 17.8. The van der Waals surface area contributed by atoms with Gasteiger partial charge in [0.05, 0.1) is 6.61 Å². The summed E-state index contributed by atoms with van der Waals surface area (Å²) in [6, 6.07) is 5.35. The summed E-state index contributed by atoms with van der Waals surface area (Å²) in [5.41, 5.74) is 7.83. The van der Waals surface area contributed by atoms with Crippen LogP contribution in [0.25, 0.3) is 0 Å². The van der Waals surface area contributed by atoms with Gasteiger partial charge in [0.15, 0.2) is 5.78 Å². The van der Waals surface area contributed by atoms with Gasteiger partial charge in [-0.2, -0.15) is 0 Å². The summed E-state index contributed by atoms with van der Waals surface area (Å²) >= 11 is 4.63. The molecule has 0 spiro atoms. The number of anilines is 1. The minimum Gasteiger partial charge on any atom is -0.780 e. The third-order valence-corrected chi connectivity index (χ3v) is 5.97. The van der Waals surface area contributed by atoms with E-state index in [9.17, 15) is 14.5 Å². The van der Waals surface area contributed by atoms with Gasteiger partial charge in [-0.3, -0.25) is 9.59 Å². The molecular weight excluding hydrogens is 385 g/mol. The largest absolute Gasteiger partial charge is 0.780 e. The summed E-state index contributed by atoms with van der Waals surface area (Å²) in [7, 11) is 1.28. The molecule has 0 aromatic heterocycles. The highest BCUT2D eigenvalue weighted by atomic mass is 32.5. The number of hydrogen-bond acceptors (Lipinski definition) is 7. The number of nitrogen functional groups attached to an aromatic ring is 1. The van der Waals surface area contributed by atoms with Crippen molar-refractivity contribution in [2.24, 2.45) is 0 Å². The number of carbonyl (C=O) groups excluding carboxylic acids is 2. The first-order valence-corrected chi connectivity index (χ1v) is 11.7. The fourth-order valence-electron chi connectivity index (χ4n) is 2.68. The van der Waals surface area contributed by atoms with Gasteiger partial charge < -0.3 is 19.7 Å². The van der Waals surface area contributed by atoms with Crippen LogP contribution >= 0.6 is 6.72 Å². The zero-order chi connectivity index (χ0) is 20.3. The zero-order valence-electron chi connectivity index (χ0n) is 16.1. The van der Waals surface area contributed by atoms with E-state index in [1.165, 1.54) is 14.0 Å². The molecular formula is C19H29NO5PS-. The Kier molecular flexibility index (Phi) is 11.0. The molecule has 0 aliphatic rings. The molecule has 8 heteroatoms. The Balaban J connectivity index is 2.12. The van der Waals surface area contributed by atoms with Crippen molar-refractivity contribution in [1.82, 2.24) is 0 Å². The first-order valence-electron chi connectivity index (χ1n) is 9.17. The molecule has 27 heavy (non-hydrogen) atoms. The molecule has 0 radical (unpaired) electrons. The van der Waals surface area contributed by atoms with Gasteiger partial charge in [-0.05, 0) is 43.9 Å². The molecule has 0 fully saturated rings. The van der Waals surface area contributed by atoms with E-state index in [0.717, 1.165) is 37.7 Å². The topological polar surface area (TPSA) is 102 Å². The molecule has 0 heterocycles. The number of unbranched alkanes of at least 4 members (excludes halogenated alkanes) is 4. The van der Waals surface area contributed by atoms with Gasteiger partial charge in [0.25, 0.3) is 0 Å². The fraction of sp³-hybridized carbons (Fsp3) is 0.579. The molecule has 6 nitrogen and oxygen atoms in total. The molecule has 0 bridgehead atoms. The van der Waals surface area contributed by atoms with Gasteiger partial charge in [-0.15, -0.1) is 0 Å². The quantitative estimate of drug-likeness (QED) is 0.215. The molecule has 0 saturated heterocycles. The van der Waals surface area contributed by atoms with Crippen molar-refractivity contribution in [1.29, 1.82) is 0 Å². The number of benzene rings is 1. The van der Waals surface area contributed by atoms with Crippen LogP contribution < -0.4 is 10.6 Å². The van der Waals surface area contributed by atoms with E-state index in [2.05, 4.69) is 16.3 Å². The van der Waals surface area contributed by atoms with Gasteiger partial charge in [-0.1, -0.05) is 37.1 Å². The lowest BCUT2D eigenvalue weighted by molar-refractivity contribution is -0.204. The van der Waals surface area contributed by atoms with Crippen molar-refractivity contribution in [3.8, 4) is 0 Å². The third-order valence-electron chi connectivity index (χ3n) is 4.26. The Morgan fingerprint density at radius 2 is 1.81 bits per heavy atom. The van der Waals surface area contributed by atoms with Crippen LogP contribution in [0.3, 0.4) is 0 Å². The minimum absolute atomic E-state index is 0.0569. The monoisotopic (exact) mass is 414 g/mol. The van der Waals surface area contributed by atoms with Crippen LogP contribution in [0.4, 0.5) is 5.69 Å². The van der Waals surface area contributed by atoms with E-state index in [4.69, 9.17) is 10.3 Å². The number of aryl methyl sites for hydroxylation is 1. The van der Waals surface area contributed by atoms with Crippen molar-refractivity contribution < 1.29 is 23.5 Å². The Morgan fingerprint density at radius 1 is 1.15 bits per heavy atom. The average molecular weight is 414 g/mol. The fourth-order valence-corrected chi connectivity index (χ4v) is 3.36. The number of Topliss-reactive ketones (excluding diaryl/α,β-unsaturated/α-hetero) is 2. The van der Waals surface area contributed by atoms with Crippen molar-refractivity contribution in [3.05, 3.63) is 29.3 Å². The van der Waals surface area contributed by atoms with Crippen LogP contribution in [-0.2, 0) is 32.1 Å². The minimum atomic E-state index is -3.28. The number of carbonyl (C=O) groups is 2. The first kappa shape index (κ1) is 23.9. The average Bonchev–Trinajstić information content (AvgIpc) is 2.61. The van der Waals surface area contributed by atoms with Crippen LogP contribution in [0.5, 0.6) is 0 Å². The number of hydrogen-bond donors (Lipinski definition) is 1. The third kappa shape index (κ3) is 10.1. The maximum absolute atomic E-state index is 12.0. The van der Waals surface area contributed by atoms with E-state index in [1.807, 2.05) is 6.07 Å². The summed E-state index contributed by atoms with van der Waals surface area (Å²) in [6.45, 7) is -1.46. The van der Waals surface area contributed by atoms with Crippen LogP contribution in [0, 0.1) is 0 Å². The van der Waals surface area contributed by atoms with Crippen molar-refractivity contribution in [3.63, 3.8) is 0 Å². The van der Waals surface area contributed by atoms with Crippen molar-refractivity contribution >= 4 is 35.8 Å². The highest BCUT2D eigenvalue weighted by molar-refractivity contribution is 8.06. The Morgan fingerprint density at radius 3 is 2.44 bits per heavy atom. The Labute approximate surface area is 166 Å². The molecule has 1 aromatic rings. The van der Waals surface area contributed by atoms with Gasteiger partial charge in [-0.25, -0.2) is 0 Å². The standard InChI is InChI=1S/C19H30NO5PS/c1-15(21)18-12-10-16(14-19(18)20)9-11-17(22)8-6-4-3-5-7-13-25-26(23,27)24-2/h10,12,14H,3-9,11,13,20H2,1-2H3,(H,23,27)/p-1. The lowest BCUT2D eigenvalue weighted by Crippen LogP contribution is -2.06. The van der Waals surface area contributed by atoms with E-state index in [0.29, 0.717) is 37.1 Å². The smallest absolute Gasteiger partial charge is 0.161 e. The van der Waals surface area contributed by atoms with Crippen molar-refractivity contribution in [2.45, 2.75) is 58.3 Å². The molecule has 1 atom stereocenters. The maximum Gasteiger partial charge on any atom is 0.161 e. The summed E-state index contributed by atoms with van der Waals surface area (Å²) in [6.07, 6.45) is 6.24. The maximum atomic E-state index is 12.0. The van der Waals surface area contributed by atoms with Crippen LogP contribution in [0.2, 0.25) is 0 Å². The van der Waals surface area contributed by atoms with Crippen LogP contribution in [0.15, 0.2) is 18.2 Å². The summed E-state index contributed by atoms with van der Waals surface area (Å²) in [4.78, 5) is 34.7. The van der Waals surface area contributed by atoms with Gasteiger partial charge >= 0.3 is 0 Å². The predicted molar refractivity (Wildman–Crippen MR) is 109 cm³/mol. The van der Waals surface area contributed by atoms with E-state index >= 15 is 0 Å². The summed E-state index contributed by atoms with van der Waals surface area (Å²) in [5.74, 6) is 0.179. The highest BCUT2D eigenvalue weighted by Crippen LogP contribution is 2.37. The second-order valence-electron chi connectivity index (χ2n) is 6.50. The molecule has 0 amide bonds. The SMILES string of the molecule is COP([O-])(=S)OCCCCCCCC(=O)CCc1ccc(C(C)=O)c(N)c1.